The van der Waals surface area contributed by atoms with Crippen LogP contribution in [0.5, 0.6) is 0 Å². The maximum Gasteiger partial charge on any atom is 0.119 e. The molecular formula is C18H12N2S. The summed E-state index contributed by atoms with van der Waals surface area (Å²) < 4.78 is 0.642. The first-order valence-corrected chi connectivity index (χ1v) is 7.20. The van der Waals surface area contributed by atoms with Crippen molar-refractivity contribution in [3.63, 3.8) is 0 Å². The van der Waals surface area contributed by atoms with Crippen LogP contribution >= 0.6 is 12.2 Å². The second kappa shape index (κ2) is 4.79. The predicted molar refractivity (Wildman–Crippen MR) is 89.9 cm³/mol. The first-order chi connectivity index (χ1) is 10.3. The van der Waals surface area contributed by atoms with Gasteiger partial charge in [0.15, 0.2) is 0 Å². The monoisotopic (exact) mass is 288 g/mol. The Labute approximate surface area is 127 Å². The molecule has 4 rings (SSSR count). The second-order valence-electron chi connectivity index (χ2n) is 5.00. The first-order valence-electron chi connectivity index (χ1n) is 6.79. The Morgan fingerprint density at radius 3 is 1.95 bits per heavy atom. The normalized spacial score (nSPS) is 11.0. The molecule has 0 saturated carbocycles. The lowest BCUT2D eigenvalue weighted by Gasteiger charge is -2.10. The molecule has 0 amide bonds. The standard InChI is InChI=1S/C18H12N2S/c21-17-10-9-16(19-20-17)18-14-7-3-1-5-12(14)11-13-6-2-4-8-15(13)18/h1-11H,(H,20,21). The van der Waals surface area contributed by atoms with E-state index in [1.54, 1.807) is 0 Å². The van der Waals surface area contributed by atoms with Gasteiger partial charge in [0.25, 0.3) is 0 Å². The maximum atomic E-state index is 5.10. The summed E-state index contributed by atoms with van der Waals surface area (Å²) in [6.07, 6.45) is 0. The summed E-state index contributed by atoms with van der Waals surface area (Å²) in [4.78, 5) is 0. The molecule has 0 aliphatic heterocycles. The van der Waals surface area contributed by atoms with Crippen LogP contribution in [0.25, 0.3) is 32.8 Å². The molecule has 1 N–H and O–H groups in total. The fourth-order valence-corrected chi connectivity index (χ4v) is 2.89. The molecule has 0 fully saturated rings. The number of fused-ring (bicyclic) bond motifs is 2. The fraction of sp³-hybridized carbons (Fsp3) is 0. The molecule has 0 radical (unpaired) electrons. The molecule has 1 aromatic heterocycles. The first kappa shape index (κ1) is 12.2. The van der Waals surface area contributed by atoms with Crippen LogP contribution in [0.2, 0.25) is 0 Å². The highest BCUT2D eigenvalue weighted by atomic mass is 32.1. The van der Waals surface area contributed by atoms with Crippen molar-refractivity contribution in [1.82, 2.24) is 10.2 Å². The van der Waals surface area contributed by atoms with Crippen molar-refractivity contribution in [2.75, 3.05) is 0 Å². The van der Waals surface area contributed by atoms with Crippen molar-refractivity contribution in [2.24, 2.45) is 0 Å². The molecular weight excluding hydrogens is 276 g/mol. The molecule has 2 nitrogen and oxygen atoms in total. The van der Waals surface area contributed by atoms with Gasteiger partial charge in [0, 0.05) is 5.56 Å². The number of H-pyrrole nitrogens is 1. The van der Waals surface area contributed by atoms with E-state index in [-0.39, 0.29) is 0 Å². The highest BCUT2D eigenvalue weighted by Gasteiger charge is 2.10. The highest BCUT2D eigenvalue weighted by Crippen LogP contribution is 2.34. The predicted octanol–water partition coefficient (Wildman–Crippen LogP) is 5.11. The number of aromatic nitrogens is 2. The molecule has 0 bridgehead atoms. The Hall–Kier alpha value is -2.52. The lowest BCUT2D eigenvalue weighted by molar-refractivity contribution is 1.03. The van der Waals surface area contributed by atoms with Crippen molar-refractivity contribution in [1.29, 1.82) is 0 Å². The van der Waals surface area contributed by atoms with Crippen molar-refractivity contribution in [3.8, 4) is 11.3 Å². The lowest BCUT2D eigenvalue weighted by Crippen LogP contribution is -1.90. The maximum absolute atomic E-state index is 5.10. The van der Waals surface area contributed by atoms with Gasteiger partial charge in [-0.05, 0) is 39.7 Å². The van der Waals surface area contributed by atoms with Gasteiger partial charge < -0.3 is 0 Å². The van der Waals surface area contributed by atoms with E-state index in [4.69, 9.17) is 12.2 Å². The number of benzene rings is 3. The van der Waals surface area contributed by atoms with Gasteiger partial charge >= 0.3 is 0 Å². The van der Waals surface area contributed by atoms with E-state index in [1.165, 1.54) is 21.5 Å². The lowest BCUT2D eigenvalue weighted by atomic mass is 9.95. The van der Waals surface area contributed by atoms with E-state index in [2.05, 4.69) is 64.8 Å². The molecule has 0 unspecified atom stereocenters. The Morgan fingerprint density at radius 2 is 1.38 bits per heavy atom. The average Bonchev–Trinajstić information content (AvgIpc) is 2.53. The van der Waals surface area contributed by atoms with E-state index >= 15 is 0 Å². The van der Waals surface area contributed by atoms with E-state index in [1.807, 2.05) is 12.1 Å². The summed E-state index contributed by atoms with van der Waals surface area (Å²) in [6.45, 7) is 0. The van der Waals surface area contributed by atoms with Gasteiger partial charge in [-0.15, -0.1) is 0 Å². The van der Waals surface area contributed by atoms with Gasteiger partial charge in [0.05, 0.1) is 5.69 Å². The van der Waals surface area contributed by atoms with Gasteiger partial charge in [-0.1, -0.05) is 60.7 Å². The Bertz CT molecular complexity index is 944. The second-order valence-corrected chi connectivity index (χ2v) is 5.44. The fourth-order valence-electron chi connectivity index (χ4n) is 2.77. The summed E-state index contributed by atoms with van der Waals surface area (Å²) >= 11 is 5.10. The molecule has 100 valence electrons. The summed E-state index contributed by atoms with van der Waals surface area (Å²) in [7, 11) is 0. The number of nitrogens with zero attached hydrogens (tertiary/aromatic N) is 1. The van der Waals surface area contributed by atoms with Gasteiger partial charge in [-0.2, -0.15) is 5.10 Å². The number of nitrogens with one attached hydrogen (secondary N) is 1. The molecule has 1 heterocycles. The number of hydrogen-bond donors (Lipinski definition) is 1. The van der Waals surface area contributed by atoms with Crippen LogP contribution in [0.3, 0.4) is 0 Å². The Kier molecular flexibility index (Phi) is 2.79. The zero-order valence-corrected chi connectivity index (χ0v) is 12.0. The summed E-state index contributed by atoms with van der Waals surface area (Å²) in [5, 5.41) is 12.2. The average molecular weight is 288 g/mol. The number of hydrogen-bond acceptors (Lipinski definition) is 2. The minimum absolute atomic E-state index is 0.642. The molecule has 4 aromatic rings. The Balaban J connectivity index is 2.21. The van der Waals surface area contributed by atoms with Crippen molar-refractivity contribution < 1.29 is 0 Å². The molecule has 3 aromatic carbocycles. The zero-order valence-electron chi connectivity index (χ0n) is 11.2. The topological polar surface area (TPSA) is 28.7 Å². The molecule has 0 aliphatic rings. The molecule has 0 spiro atoms. The van der Waals surface area contributed by atoms with Crippen LogP contribution in [0.4, 0.5) is 0 Å². The van der Waals surface area contributed by atoms with Crippen molar-refractivity contribution in [2.45, 2.75) is 0 Å². The number of rotatable bonds is 1. The van der Waals surface area contributed by atoms with E-state index in [0.29, 0.717) is 4.64 Å². The van der Waals surface area contributed by atoms with Crippen molar-refractivity contribution >= 4 is 33.8 Å². The summed E-state index contributed by atoms with van der Waals surface area (Å²) in [5.41, 5.74) is 2.06. The highest BCUT2D eigenvalue weighted by molar-refractivity contribution is 7.71. The van der Waals surface area contributed by atoms with E-state index in [9.17, 15) is 0 Å². The molecule has 3 heteroatoms. The van der Waals surface area contributed by atoms with Crippen molar-refractivity contribution in [3.05, 3.63) is 71.4 Å². The Morgan fingerprint density at radius 1 is 0.762 bits per heavy atom. The van der Waals surface area contributed by atoms with E-state index in [0.717, 1.165) is 11.3 Å². The molecule has 0 saturated heterocycles. The quantitative estimate of drug-likeness (QED) is 0.389. The number of aromatic amines is 1. The molecule has 0 aliphatic carbocycles. The van der Waals surface area contributed by atoms with Crippen LogP contribution in [-0.4, -0.2) is 10.2 Å². The SMILES string of the molecule is S=c1ccc(-c2c3ccccc3cc3ccccc23)n[nH]1. The van der Waals surface area contributed by atoms with Gasteiger partial charge in [0.1, 0.15) is 4.64 Å². The van der Waals surface area contributed by atoms with Crippen LogP contribution in [0.1, 0.15) is 0 Å². The minimum Gasteiger partial charge on any atom is -0.267 e. The van der Waals surface area contributed by atoms with Gasteiger partial charge in [-0.3, -0.25) is 5.10 Å². The zero-order chi connectivity index (χ0) is 14.2. The van der Waals surface area contributed by atoms with E-state index < -0.39 is 0 Å². The van der Waals surface area contributed by atoms with Gasteiger partial charge in [-0.25, -0.2) is 0 Å². The largest absolute Gasteiger partial charge is 0.267 e. The van der Waals surface area contributed by atoms with Gasteiger partial charge in [0.2, 0.25) is 0 Å². The smallest absolute Gasteiger partial charge is 0.119 e. The molecule has 21 heavy (non-hydrogen) atoms. The third kappa shape index (κ3) is 2.03. The van der Waals surface area contributed by atoms with Crippen LogP contribution in [0, 0.1) is 4.64 Å². The summed E-state index contributed by atoms with van der Waals surface area (Å²) in [5.74, 6) is 0. The third-order valence-corrected chi connectivity index (χ3v) is 3.93. The van der Waals surface area contributed by atoms with Crippen LogP contribution < -0.4 is 0 Å². The van der Waals surface area contributed by atoms with Crippen LogP contribution in [0.15, 0.2) is 66.7 Å². The summed E-state index contributed by atoms with van der Waals surface area (Å²) in [6, 6.07) is 22.9. The molecule has 0 atom stereocenters. The van der Waals surface area contributed by atoms with Crippen LogP contribution in [-0.2, 0) is 0 Å². The minimum atomic E-state index is 0.642. The third-order valence-electron chi connectivity index (χ3n) is 3.71.